The van der Waals surface area contributed by atoms with Gasteiger partial charge in [0.2, 0.25) is 5.91 Å². The molecular formula is C15H17BrFNO4. The number of rotatable bonds is 5. The van der Waals surface area contributed by atoms with Crippen molar-refractivity contribution in [2.24, 2.45) is 5.41 Å². The molecule has 0 unspecified atom stereocenters. The highest BCUT2D eigenvalue weighted by Crippen LogP contribution is 2.30. The molecule has 0 aliphatic carbocycles. The van der Waals surface area contributed by atoms with Crippen molar-refractivity contribution in [3.05, 3.63) is 34.1 Å². The van der Waals surface area contributed by atoms with Crippen molar-refractivity contribution in [2.75, 3.05) is 19.8 Å². The van der Waals surface area contributed by atoms with Crippen LogP contribution in [-0.2, 0) is 20.7 Å². The van der Waals surface area contributed by atoms with Gasteiger partial charge in [-0.25, -0.2) is 4.39 Å². The van der Waals surface area contributed by atoms with Gasteiger partial charge in [-0.2, -0.15) is 0 Å². The third kappa shape index (κ3) is 4.04. The second kappa shape index (κ2) is 7.19. The average molecular weight is 374 g/mol. The summed E-state index contributed by atoms with van der Waals surface area (Å²) in [7, 11) is 0. The largest absolute Gasteiger partial charge is 0.481 e. The van der Waals surface area contributed by atoms with Gasteiger partial charge in [-0.3, -0.25) is 9.59 Å². The lowest BCUT2D eigenvalue weighted by atomic mass is 9.80. The molecule has 0 saturated carbocycles. The van der Waals surface area contributed by atoms with Gasteiger partial charge in [0.05, 0.1) is 16.3 Å². The quantitative estimate of drug-likeness (QED) is 0.828. The maximum atomic E-state index is 13.1. The van der Waals surface area contributed by atoms with Gasteiger partial charge in [0.25, 0.3) is 0 Å². The Balaban J connectivity index is 1.93. The van der Waals surface area contributed by atoms with Gasteiger partial charge >= 0.3 is 5.97 Å². The first-order chi connectivity index (χ1) is 10.4. The molecule has 0 bridgehead atoms. The predicted molar refractivity (Wildman–Crippen MR) is 80.9 cm³/mol. The summed E-state index contributed by atoms with van der Waals surface area (Å²) in [6.45, 7) is 0.840. The number of benzene rings is 1. The Kier molecular flexibility index (Phi) is 5.52. The highest BCUT2D eigenvalue weighted by Gasteiger charge is 2.40. The smallest absolute Gasteiger partial charge is 0.311 e. The van der Waals surface area contributed by atoms with Crippen molar-refractivity contribution >= 4 is 27.8 Å². The second-order valence-corrected chi connectivity index (χ2v) is 6.25. The van der Waals surface area contributed by atoms with Crippen LogP contribution in [0.25, 0.3) is 0 Å². The first-order valence-corrected chi connectivity index (χ1v) is 7.74. The number of aliphatic carboxylic acids is 1. The molecule has 0 atom stereocenters. The maximum Gasteiger partial charge on any atom is 0.311 e. The molecular weight excluding hydrogens is 357 g/mol. The number of ether oxygens (including phenoxy) is 1. The van der Waals surface area contributed by atoms with E-state index in [1.54, 1.807) is 0 Å². The number of hydrogen-bond acceptors (Lipinski definition) is 3. The molecule has 120 valence electrons. The normalized spacial score (nSPS) is 17.0. The molecule has 22 heavy (non-hydrogen) atoms. The lowest BCUT2D eigenvalue weighted by Crippen LogP contribution is -2.46. The third-order valence-electron chi connectivity index (χ3n) is 3.88. The molecule has 0 spiro atoms. The van der Waals surface area contributed by atoms with E-state index in [4.69, 9.17) is 4.74 Å². The zero-order valence-electron chi connectivity index (χ0n) is 11.9. The van der Waals surface area contributed by atoms with Crippen LogP contribution in [0.3, 0.4) is 0 Å². The van der Waals surface area contributed by atoms with Crippen LogP contribution in [0.1, 0.15) is 18.4 Å². The van der Waals surface area contributed by atoms with E-state index < -0.39 is 17.2 Å². The number of carbonyl (C=O) groups is 2. The molecule has 7 heteroatoms. The van der Waals surface area contributed by atoms with E-state index in [1.807, 2.05) is 0 Å². The van der Waals surface area contributed by atoms with E-state index >= 15 is 0 Å². The van der Waals surface area contributed by atoms with Crippen molar-refractivity contribution < 1.29 is 23.8 Å². The fourth-order valence-corrected chi connectivity index (χ4v) is 2.82. The molecule has 1 amide bonds. The molecule has 1 aromatic carbocycles. The first kappa shape index (κ1) is 16.9. The lowest BCUT2D eigenvalue weighted by molar-refractivity contribution is -0.154. The Morgan fingerprint density at radius 1 is 1.36 bits per heavy atom. The first-order valence-electron chi connectivity index (χ1n) is 6.95. The number of carboxylic acids is 1. The zero-order valence-corrected chi connectivity index (χ0v) is 13.5. The predicted octanol–water partition coefficient (Wildman–Crippen LogP) is 2.13. The van der Waals surface area contributed by atoms with Crippen molar-refractivity contribution in [1.29, 1.82) is 0 Å². The topological polar surface area (TPSA) is 75.6 Å². The number of halogens is 2. The summed E-state index contributed by atoms with van der Waals surface area (Å²) in [4.78, 5) is 23.4. The molecule has 0 radical (unpaired) electrons. The van der Waals surface area contributed by atoms with Crippen LogP contribution in [0, 0.1) is 11.2 Å². The summed E-state index contributed by atoms with van der Waals surface area (Å²) in [5.41, 5.74) is -0.306. The molecule has 0 aromatic heterocycles. The minimum atomic E-state index is -0.961. The molecule has 1 aliphatic rings. The summed E-state index contributed by atoms with van der Waals surface area (Å²) in [5, 5.41) is 12.1. The lowest BCUT2D eigenvalue weighted by Gasteiger charge is -2.33. The highest BCUT2D eigenvalue weighted by molar-refractivity contribution is 9.10. The molecule has 2 N–H and O–H groups in total. The van der Waals surface area contributed by atoms with Crippen molar-refractivity contribution in [1.82, 2.24) is 5.32 Å². The summed E-state index contributed by atoms with van der Waals surface area (Å²) in [6.07, 6.45) is 0.834. The van der Waals surface area contributed by atoms with Gasteiger partial charge in [0.1, 0.15) is 5.82 Å². The van der Waals surface area contributed by atoms with Crippen LogP contribution in [0.4, 0.5) is 4.39 Å². The summed E-state index contributed by atoms with van der Waals surface area (Å²) in [6, 6.07) is 4.35. The standard InChI is InChI=1S/C15H17BrFNO4/c16-11-7-10(1-2-12(11)17)8-13(19)18-9-15(14(20)21)3-5-22-6-4-15/h1-2,7H,3-6,8-9H2,(H,18,19)(H,20,21). The summed E-state index contributed by atoms with van der Waals surface area (Å²) >= 11 is 3.07. The average Bonchev–Trinajstić information content (AvgIpc) is 2.50. The fraction of sp³-hybridized carbons (Fsp3) is 0.467. The van der Waals surface area contributed by atoms with Gasteiger partial charge in [-0.1, -0.05) is 6.07 Å². The molecule has 5 nitrogen and oxygen atoms in total. The Morgan fingerprint density at radius 3 is 2.64 bits per heavy atom. The Morgan fingerprint density at radius 2 is 2.05 bits per heavy atom. The summed E-state index contributed by atoms with van der Waals surface area (Å²) < 4.78 is 18.6. The van der Waals surface area contributed by atoms with Gasteiger partial charge in [-0.15, -0.1) is 0 Å². The van der Waals surface area contributed by atoms with E-state index in [0.717, 1.165) is 0 Å². The summed E-state index contributed by atoms with van der Waals surface area (Å²) in [5.74, 6) is -1.59. The van der Waals surface area contributed by atoms with Crippen LogP contribution < -0.4 is 5.32 Å². The zero-order chi connectivity index (χ0) is 16.2. The van der Waals surface area contributed by atoms with E-state index in [9.17, 15) is 19.1 Å². The Hall–Kier alpha value is -1.47. The van der Waals surface area contributed by atoms with Crippen molar-refractivity contribution in [2.45, 2.75) is 19.3 Å². The van der Waals surface area contributed by atoms with Crippen molar-refractivity contribution in [3.63, 3.8) is 0 Å². The van der Waals surface area contributed by atoms with E-state index in [1.165, 1.54) is 18.2 Å². The minimum Gasteiger partial charge on any atom is -0.481 e. The molecule has 1 aliphatic heterocycles. The van der Waals surface area contributed by atoms with E-state index in [2.05, 4.69) is 21.2 Å². The number of carboxylic acid groups (broad SMARTS) is 1. The molecule has 1 heterocycles. The maximum absolute atomic E-state index is 13.1. The van der Waals surface area contributed by atoms with Crippen molar-refractivity contribution in [3.8, 4) is 0 Å². The number of hydrogen-bond donors (Lipinski definition) is 2. The highest BCUT2D eigenvalue weighted by atomic mass is 79.9. The Labute approximate surface area is 136 Å². The molecule has 1 aromatic rings. The van der Waals surface area contributed by atoms with Gasteiger partial charge < -0.3 is 15.2 Å². The second-order valence-electron chi connectivity index (χ2n) is 5.40. The number of amides is 1. The number of nitrogens with one attached hydrogen (secondary N) is 1. The van der Waals surface area contributed by atoms with Crippen LogP contribution in [0.15, 0.2) is 22.7 Å². The van der Waals surface area contributed by atoms with Crippen LogP contribution in [-0.4, -0.2) is 36.7 Å². The fourth-order valence-electron chi connectivity index (χ4n) is 2.39. The monoisotopic (exact) mass is 373 g/mol. The third-order valence-corrected chi connectivity index (χ3v) is 4.48. The SMILES string of the molecule is O=C(Cc1ccc(F)c(Br)c1)NCC1(C(=O)O)CCOCC1. The number of carbonyl (C=O) groups excluding carboxylic acids is 1. The molecule has 2 rings (SSSR count). The molecule has 1 fully saturated rings. The van der Waals surface area contributed by atoms with Crippen LogP contribution in [0.5, 0.6) is 0 Å². The van der Waals surface area contributed by atoms with Gasteiger partial charge in [-0.05, 0) is 46.5 Å². The van der Waals surface area contributed by atoms with Gasteiger partial charge in [0.15, 0.2) is 0 Å². The van der Waals surface area contributed by atoms with E-state index in [0.29, 0.717) is 36.1 Å². The van der Waals surface area contributed by atoms with E-state index in [-0.39, 0.29) is 18.9 Å². The van der Waals surface area contributed by atoms with Crippen LogP contribution >= 0.6 is 15.9 Å². The molecule has 1 saturated heterocycles. The van der Waals surface area contributed by atoms with Crippen LogP contribution in [0.2, 0.25) is 0 Å². The Bertz CT molecular complexity index is 573. The van der Waals surface area contributed by atoms with Gasteiger partial charge in [0, 0.05) is 19.8 Å². The minimum absolute atomic E-state index is 0.0745.